The lowest BCUT2D eigenvalue weighted by atomic mass is 9.90. The molecule has 1 aromatic carbocycles. The molecule has 0 atom stereocenters. The molecule has 5 heteroatoms. The minimum absolute atomic E-state index is 0.0347. The smallest absolute Gasteiger partial charge is 0.267 e. The van der Waals surface area contributed by atoms with E-state index in [0.29, 0.717) is 0 Å². The largest absolute Gasteiger partial charge is 0.351 e. The molecule has 0 spiro atoms. The maximum absolute atomic E-state index is 12.5. The second-order valence-electron chi connectivity index (χ2n) is 7.84. The maximum atomic E-state index is 12.5. The number of carbonyl (C=O) groups excluding carboxylic acids is 1. The van der Waals surface area contributed by atoms with Crippen molar-refractivity contribution in [3.8, 4) is 0 Å². The van der Waals surface area contributed by atoms with Crippen LogP contribution in [0.1, 0.15) is 35.3 Å². The van der Waals surface area contributed by atoms with Gasteiger partial charge in [0.1, 0.15) is 5.69 Å². The summed E-state index contributed by atoms with van der Waals surface area (Å²) >= 11 is 1.68. The molecule has 1 saturated heterocycles. The van der Waals surface area contributed by atoms with Gasteiger partial charge in [0, 0.05) is 13.6 Å². The van der Waals surface area contributed by atoms with Crippen molar-refractivity contribution in [1.82, 2.24) is 14.8 Å². The summed E-state index contributed by atoms with van der Waals surface area (Å²) in [5.74, 6) is 0.844. The molecule has 1 N–H and O–H groups in total. The Morgan fingerprint density at radius 2 is 1.96 bits per heavy atom. The van der Waals surface area contributed by atoms with Crippen LogP contribution in [-0.2, 0) is 13.5 Å². The average molecular weight is 396 g/mol. The summed E-state index contributed by atoms with van der Waals surface area (Å²) in [6.07, 6.45) is 4.77. The third-order valence-electron chi connectivity index (χ3n) is 5.91. The number of likely N-dealkylation sites (tertiary alicyclic amines) is 1. The minimum atomic E-state index is 0.0347. The summed E-state index contributed by atoms with van der Waals surface area (Å²) in [5.41, 5.74) is 3.35. The van der Waals surface area contributed by atoms with Crippen LogP contribution >= 0.6 is 11.3 Å². The van der Waals surface area contributed by atoms with Crippen molar-refractivity contribution >= 4 is 27.5 Å². The summed E-state index contributed by atoms with van der Waals surface area (Å²) < 4.78 is 3.16. The fourth-order valence-electron chi connectivity index (χ4n) is 4.22. The molecule has 4 rings (SSSR count). The molecule has 0 radical (unpaired) electrons. The summed E-state index contributed by atoms with van der Waals surface area (Å²) in [6, 6.07) is 14.9. The van der Waals surface area contributed by atoms with Gasteiger partial charge in [0.25, 0.3) is 5.91 Å². The first-order valence-corrected chi connectivity index (χ1v) is 11.2. The van der Waals surface area contributed by atoms with Gasteiger partial charge in [-0.1, -0.05) is 30.3 Å². The van der Waals surface area contributed by atoms with Crippen molar-refractivity contribution in [3.05, 3.63) is 59.1 Å². The van der Waals surface area contributed by atoms with E-state index in [1.165, 1.54) is 42.6 Å². The van der Waals surface area contributed by atoms with Gasteiger partial charge in [-0.2, -0.15) is 0 Å². The molecule has 2 aromatic heterocycles. The molecular weight excluding hydrogens is 366 g/mol. The number of hydrogen-bond acceptors (Lipinski definition) is 3. The highest BCUT2D eigenvalue weighted by atomic mass is 32.1. The number of carbonyl (C=O) groups is 1. The lowest BCUT2D eigenvalue weighted by Gasteiger charge is -2.32. The van der Waals surface area contributed by atoms with Crippen molar-refractivity contribution in [2.75, 3.05) is 26.2 Å². The first-order chi connectivity index (χ1) is 13.7. The number of benzene rings is 1. The van der Waals surface area contributed by atoms with E-state index >= 15 is 0 Å². The van der Waals surface area contributed by atoms with Crippen molar-refractivity contribution < 1.29 is 4.79 Å². The van der Waals surface area contributed by atoms with Crippen molar-refractivity contribution in [3.63, 3.8) is 0 Å². The number of nitrogens with one attached hydrogen (secondary N) is 1. The lowest BCUT2D eigenvalue weighted by molar-refractivity contribution is 0.0942. The Hall–Kier alpha value is -2.11. The summed E-state index contributed by atoms with van der Waals surface area (Å²) in [4.78, 5) is 15.0. The topological polar surface area (TPSA) is 37.3 Å². The molecule has 0 saturated carbocycles. The van der Waals surface area contributed by atoms with Crippen LogP contribution in [0.25, 0.3) is 10.2 Å². The van der Waals surface area contributed by atoms with Crippen LogP contribution in [0.15, 0.2) is 47.8 Å². The number of nitrogens with zero attached hydrogens (tertiary/aromatic N) is 2. The highest BCUT2D eigenvalue weighted by Gasteiger charge is 2.19. The summed E-state index contributed by atoms with van der Waals surface area (Å²) in [6.45, 7) is 4.17. The summed E-state index contributed by atoms with van der Waals surface area (Å²) in [7, 11) is 1.96. The van der Waals surface area contributed by atoms with E-state index in [0.717, 1.165) is 36.6 Å². The standard InChI is InChI=1S/C23H29N3OS/c1-25-20-10-15-28-22(20)17-21(25)23(27)24-11-5-12-26-13-8-19(9-14-26)16-18-6-3-2-4-7-18/h2-4,6-7,10,15,17,19H,5,8-9,11-14,16H2,1H3,(H,24,27). The molecule has 3 aromatic rings. The van der Waals surface area contributed by atoms with Gasteiger partial charge < -0.3 is 14.8 Å². The Morgan fingerprint density at radius 3 is 2.71 bits per heavy atom. The van der Waals surface area contributed by atoms with Crippen LogP contribution in [0, 0.1) is 5.92 Å². The van der Waals surface area contributed by atoms with Crippen LogP contribution in [0.5, 0.6) is 0 Å². The molecule has 0 bridgehead atoms. The normalized spacial score (nSPS) is 15.9. The van der Waals surface area contributed by atoms with Gasteiger partial charge in [-0.25, -0.2) is 0 Å². The molecule has 1 aliphatic rings. The van der Waals surface area contributed by atoms with E-state index in [-0.39, 0.29) is 5.91 Å². The van der Waals surface area contributed by atoms with E-state index in [2.05, 4.69) is 52.0 Å². The number of aryl methyl sites for hydroxylation is 1. The lowest BCUT2D eigenvalue weighted by Crippen LogP contribution is -2.36. The molecule has 28 heavy (non-hydrogen) atoms. The van der Waals surface area contributed by atoms with Gasteiger partial charge in [-0.3, -0.25) is 4.79 Å². The quantitative estimate of drug-likeness (QED) is 0.605. The van der Waals surface area contributed by atoms with E-state index in [4.69, 9.17) is 0 Å². The number of thiophene rings is 1. The Bertz CT molecular complexity index is 906. The second kappa shape index (κ2) is 8.93. The van der Waals surface area contributed by atoms with Gasteiger partial charge in [-0.05, 0) is 74.3 Å². The molecular formula is C23H29N3OS. The zero-order valence-electron chi connectivity index (χ0n) is 16.6. The zero-order chi connectivity index (χ0) is 19.3. The molecule has 1 amide bonds. The summed E-state index contributed by atoms with van der Waals surface area (Å²) in [5, 5.41) is 5.15. The Balaban J connectivity index is 1.16. The highest BCUT2D eigenvalue weighted by Crippen LogP contribution is 2.24. The Kier molecular flexibility index (Phi) is 6.13. The molecule has 0 aliphatic carbocycles. The molecule has 3 heterocycles. The third-order valence-corrected chi connectivity index (χ3v) is 6.76. The van der Waals surface area contributed by atoms with Gasteiger partial charge >= 0.3 is 0 Å². The van der Waals surface area contributed by atoms with Crippen molar-refractivity contribution in [1.29, 1.82) is 0 Å². The molecule has 148 valence electrons. The van der Waals surface area contributed by atoms with Crippen LogP contribution in [0.4, 0.5) is 0 Å². The predicted octanol–water partition coefficient (Wildman–Crippen LogP) is 4.31. The van der Waals surface area contributed by atoms with Crippen LogP contribution in [0.2, 0.25) is 0 Å². The maximum Gasteiger partial charge on any atom is 0.267 e. The van der Waals surface area contributed by atoms with Crippen LogP contribution in [-0.4, -0.2) is 41.6 Å². The zero-order valence-corrected chi connectivity index (χ0v) is 17.4. The molecule has 1 fully saturated rings. The van der Waals surface area contributed by atoms with Gasteiger partial charge in [-0.15, -0.1) is 11.3 Å². The van der Waals surface area contributed by atoms with Gasteiger partial charge in [0.15, 0.2) is 0 Å². The highest BCUT2D eigenvalue weighted by molar-refractivity contribution is 7.17. The number of piperidine rings is 1. The number of fused-ring (bicyclic) bond motifs is 1. The first kappa shape index (κ1) is 19.2. The van der Waals surface area contributed by atoms with Crippen molar-refractivity contribution in [2.24, 2.45) is 13.0 Å². The van der Waals surface area contributed by atoms with Crippen LogP contribution < -0.4 is 5.32 Å². The first-order valence-electron chi connectivity index (χ1n) is 10.3. The number of hydrogen-bond donors (Lipinski definition) is 1. The van der Waals surface area contributed by atoms with E-state index in [1.54, 1.807) is 11.3 Å². The molecule has 0 unspecified atom stereocenters. The number of aromatic nitrogens is 1. The van der Waals surface area contributed by atoms with E-state index in [9.17, 15) is 4.79 Å². The fourth-order valence-corrected chi connectivity index (χ4v) is 5.07. The van der Waals surface area contributed by atoms with Crippen LogP contribution in [0.3, 0.4) is 0 Å². The fraction of sp³-hybridized carbons (Fsp3) is 0.435. The number of amides is 1. The van der Waals surface area contributed by atoms with Crippen molar-refractivity contribution in [2.45, 2.75) is 25.7 Å². The number of rotatable bonds is 7. The minimum Gasteiger partial charge on any atom is -0.351 e. The van der Waals surface area contributed by atoms with Gasteiger partial charge in [0.2, 0.25) is 0 Å². The second-order valence-corrected chi connectivity index (χ2v) is 8.79. The Labute approximate surface area is 171 Å². The molecule has 4 nitrogen and oxygen atoms in total. The molecule has 1 aliphatic heterocycles. The average Bonchev–Trinajstić information content (AvgIpc) is 3.30. The Morgan fingerprint density at radius 1 is 1.18 bits per heavy atom. The SMILES string of the molecule is Cn1c(C(=O)NCCCN2CCC(Cc3ccccc3)CC2)cc2sccc21. The van der Waals surface area contributed by atoms with Gasteiger partial charge in [0.05, 0.1) is 10.2 Å². The van der Waals surface area contributed by atoms with E-state index in [1.807, 2.05) is 17.7 Å². The third kappa shape index (κ3) is 4.47. The van der Waals surface area contributed by atoms with E-state index < -0.39 is 0 Å². The monoisotopic (exact) mass is 395 g/mol. The predicted molar refractivity (Wildman–Crippen MR) is 117 cm³/mol.